The second kappa shape index (κ2) is 5.90. The lowest BCUT2D eigenvalue weighted by molar-refractivity contribution is 0.306. The Morgan fingerprint density at radius 2 is 1.89 bits per heavy atom. The van der Waals surface area contributed by atoms with Crippen LogP contribution in [0, 0.1) is 12.3 Å². The average molecular weight is 237 g/mol. The van der Waals surface area contributed by atoms with E-state index in [1.807, 2.05) is 54.6 Å². The number of hydrogen-bond acceptors (Lipinski definition) is 2. The van der Waals surface area contributed by atoms with Crippen LogP contribution in [-0.4, -0.2) is 0 Å². The van der Waals surface area contributed by atoms with Gasteiger partial charge in [-0.05, 0) is 23.3 Å². The lowest BCUT2D eigenvalue weighted by Gasteiger charge is -2.09. The highest BCUT2D eigenvalue weighted by atomic mass is 16.5. The molecule has 0 radical (unpaired) electrons. The smallest absolute Gasteiger partial charge is 0.120 e. The number of nitrogens with two attached hydrogens (primary N) is 1. The predicted molar refractivity (Wildman–Crippen MR) is 73.0 cm³/mol. The standard InChI is InChI=1S/C16H15NO/c1-2-16(17)14-9-6-10-15(11-14)18-12-13-7-4-3-5-8-13/h1,3-11,16H,12,17H2. The van der Waals surface area contributed by atoms with Gasteiger partial charge in [0, 0.05) is 0 Å². The Kier molecular flexibility index (Phi) is 4.01. The second-order valence-electron chi connectivity index (χ2n) is 3.99. The first-order chi connectivity index (χ1) is 8.79. The molecule has 0 fully saturated rings. The number of terminal acetylenes is 1. The zero-order valence-electron chi connectivity index (χ0n) is 10.0. The summed E-state index contributed by atoms with van der Waals surface area (Å²) in [4.78, 5) is 0. The first kappa shape index (κ1) is 12.2. The first-order valence-electron chi connectivity index (χ1n) is 5.78. The van der Waals surface area contributed by atoms with Crippen LogP contribution in [0.25, 0.3) is 0 Å². The molecule has 2 aromatic rings. The van der Waals surface area contributed by atoms with E-state index in [0.29, 0.717) is 6.61 Å². The Hall–Kier alpha value is -2.24. The molecule has 1 atom stereocenters. The van der Waals surface area contributed by atoms with Gasteiger partial charge in [0.05, 0.1) is 6.04 Å². The minimum absolute atomic E-state index is 0.384. The van der Waals surface area contributed by atoms with Crippen molar-refractivity contribution in [2.24, 2.45) is 5.73 Å². The molecule has 0 amide bonds. The van der Waals surface area contributed by atoms with Crippen LogP contribution in [0.1, 0.15) is 17.2 Å². The van der Waals surface area contributed by atoms with Gasteiger partial charge in [0.2, 0.25) is 0 Å². The summed E-state index contributed by atoms with van der Waals surface area (Å²) in [7, 11) is 0. The van der Waals surface area contributed by atoms with Gasteiger partial charge in [0.15, 0.2) is 0 Å². The number of ether oxygens (including phenoxy) is 1. The van der Waals surface area contributed by atoms with Gasteiger partial charge in [-0.15, -0.1) is 6.42 Å². The molecule has 0 saturated heterocycles. The van der Waals surface area contributed by atoms with Crippen LogP contribution in [0.15, 0.2) is 54.6 Å². The van der Waals surface area contributed by atoms with Crippen LogP contribution in [0.2, 0.25) is 0 Å². The molecular formula is C16H15NO. The number of benzene rings is 2. The molecule has 2 heteroatoms. The molecule has 2 N–H and O–H groups in total. The predicted octanol–water partition coefficient (Wildman–Crippen LogP) is 2.90. The molecule has 90 valence electrons. The van der Waals surface area contributed by atoms with E-state index in [2.05, 4.69) is 5.92 Å². The minimum atomic E-state index is -0.384. The van der Waals surface area contributed by atoms with Gasteiger partial charge in [0.1, 0.15) is 12.4 Å². The van der Waals surface area contributed by atoms with Crippen molar-refractivity contribution in [1.82, 2.24) is 0 Å². The fourth-order valence-corrected chi connectivity index (χ4v) is 1.63. The van der Waals surface area contributed by atoms with E-state index in [1.54, 1.807) is 0 Å². The third-order valence-electron chi connectivity index (χ3n) is 2.65. The van der Waals surface area contributed by atoms with Gasteiger partial charge < -0.3 is 10.5 Å². The summed E-state index contributed by atoms with van der Waals surface area (Å²) in [6.07, 6.45) is 5.30. The van der Waals surface area contributed by atoms with E-state index < -0.39 is 0 Å². The largest absolute Gasteiger partial charge is 0.489 e. The lowest BCUT2D eigenvalue weighted by atomic mass is 10.1. The molecule has 1 unspecified atom stereocenters. The van der Waals surface area contributed by atoms with Crippen molar-refractivity contribution in [3.63, 3.8) is 0 Å². The van der Waals surface area contributed by atoms with Crippen molar-refractivity contribution in [1.29, 1.82) is 0 Å². The maximum Gasteiger partial charge on any atom is 0.120 e. The summed E-state index contributed by atoms with van der Waals surface area (Å²) < 4.78 is 5.70. The first-order valence-corrected chi connectivity index (χ1v) is 5.78. The van der Waals surface area contributed by atoms with Crippen LogP contribution in [0.3, 0.4) is 0 Å². The zero-order valence-corrected chi connectivity index (χ0v) is 10.0. The Balaban J connectivity index is 2.04. The van der Waals surface area contributed by atoms with Crippen LogP contribution in [-0.2, 0) is 6.61 Å². The summed E-state index contributed by atoms with van der Waals surface area (Å²) in [5, 5.41) is 0. The summed E-state index contributed by atoms with van der Waals surface area (Å²) >= 11 is 0. The highest BCUT2D eigenvalue weighted by molar-refractivity contribution is 5.33. The molecule has 2 nitrogen and oxygen atoms in total. The maximum absolute atomic E-state index is 5.78. The van der Waals surface area contributed by atoms with Crippen LogP contribution in [0.5, 0.6) is 5.75 Å². The van der Waals surface area contributed by atoms with Gasteiger partial charge in [-0.25, -0.2) is 0 Å². The molecule has 2 aromatic carbocycles. The Bertz CT molecular complexity index is 543. The van der Waals surface area contributed by atoms with Crippen molar-refractivity contribution < 1.29 is 4.74 Å². The quantitative estimate of drug-likeness (QED) is 0.830. The fraction of sp³-hybridized carbons (Fsp3) is 0.125. The molecule has 0 aromatic heterocycles. The van der Waals surface area contributed by atoms with E-state index in [-0.39, 0.29) is 6.04 Å². The topological polar surface area (TPSA) is 35.2 Å². The van der Waals surface area contributed by atoms with E-state index in [9.17, 15) is 0 Å². The van der Waals surface area contributed by atoms with Gasteiger partial charge in [0.25, 0.3) is 0 Å². The van der Waals surface area contributed by atoms with E-state index >= 15 is 0 Å². The van der Waals surface area contributed by atoms with Crippen LogP contribution < -0.4 is 10.5 Å². The van der Waals surface area contributed by atoms with Crippen LogP contribution >= 0.6 is 0 Å². The van der Waals surface area contributed by atoms with Crippen LogP contribution in [0.4, 0.5) is 0 Å². The van der Waals surface area contributed by atoms with Crippen molar-refractivity contribution >= 4 is 0 Å². The van der Waals surface area contributed by atoms with E-state index in [1.165, 1.54) is 0 Å². The highest BCUT2D eigenvalue weighted by Gasteiger charge is 2.03. The van der Waals surface area contributed by atoms with Gasteiger partial charge in [-0.1, -0.05) is 48.4 Å². The van der Waals surface area contributed by atoms with Crippen molar-refractivity contribution in [2.45, 2.75) is 12.6 Å². The van der Waals surface area contributed by atoms with Crippen molar-refractivity contribution in [2.75, 3.05) is 0 Å². The second-order valence-corrected chi connectivity index (χ2v) is 3.99. The lowest BCUT2D eigenvalue weighted by Crippen LogP contribution is -2.07. The molecule has 0 heterocycles. The van der Waals surface area contributed by atoms with Gasteiger partial charge in [-0.2, -0.15) is 0 Å². The normalized spacial score (nSPS) is 11.6. The highest BCUT2D eigenvalue weighted by Crippen LogP contribution is 2.18. The molecule has 0 aliphatic carbocycles. The third kappa shape index (κ3) is 3.13. The SMILES string of the molecule is C#CC(N)c1cccc(OCc2ccccc2)c1. The minimum Gasteiger partial charge on any atom is -0.489 e. The molecule has 0 bridgehead atoms. The van der Waals surface area contributed by atoms with Gasteiger partial charge in [-0.3, -0.25) is 0 Å². The molecule has 0 spiro atoms. The zero-order chi connectivity index (χ0) is 12.8. The monoisotopic (exact) mass is 237 g/mol. The molecular weight excluding hydrogens is 222 g/mol. The molecule has 2 rings (SSSR count). The van der Waals surface area contributed by atoms with E-state index in [4.69, 9.17) is 16.9 Å². The number of hydrogen-bond donors (Lipinski definition) is 1. The molecule has 18 heavy (non-hydrogen) atoms. The Morgan fingerprint density at radius 1 is 1.11 bits per heavy atom. The molecule has 0 aliphatic rings. The summed E-state index contributed by atoms with van der Waals surface area (Å²) in [6.45, 7) is 0.537. The summed E-state index contributed by atoms with van der Waals surface area (Å²) in [6, 6.07) is 17.2. The Labute approximate surface area is 107 Å². The molecule has 0 saturated carbocycles. The van der Waals surface area contributed by atoms with Crippen molar-refractivity contribution in [3.05, 3.63) is 65.7 Å². The Morgan fingerprint density at radius 3 is 2.61 bits per heavy atom. The summed E-state index contributed by atoms with van der Waals surface area (Å²) in [5.74, 6) is 3.28. The van der Waals surface area contributed by atoms with Crippen molar-refractivity contribution in [3.8, 4) is 18.1 Å². The average Bonchev–Trinajstić information content (AvgIpc) is 2.45. The van der Waals surface area contributed by atoms with Gasteiger partial charge >= 0.3 is 0 Å². The molecule has 0 aliphatic heterocycles. The van der Waals surface area contributed by atoms with E-state index in [0.717, 1.165) is 16.9 Å². The number of rotatable bonds is 4. The third-order valence-corrected chi connectivity index (χ3v) is 2.65. The summed E-state index contributed by atoms with van der Waals surface area (Å²) in [5.41, 5.74) is 7.80. The maximum atomic E-state index is 5.78. The fourth-order valence-electron chi connectivity index (χ4n) is 1.63.